The van der Waals surface area contributed by atoms with E-state index in [4.69, 9.17) is 20.8 Å². The number of fused-ring (bicyclic) bond motifs is 1. The van der Waals surface area contributed by atoms with E-state index in [2.05, 4.69) is 48.8 Å². The number of ether oxygens (including phenoxy) is 1. The van der Waals surface area contributed by atoms with Gasteiger partial charge in [-0.05, 0) is 93.4 Å². The van der Waals surface area contributed by atoms with Gasteiger partial charge in [0.05, 0.1) is 24.2 Å². The van der Waals surface area contributed by atoms with Crippen LogP contribution in [-0.2, 0) is 22.1 Å². The van der Waals surface area contributed by atoms with Gasteiger partial charge in [-0.1, -0.05) is 50.6 Å². The predicted molar refractivity (Wildman–Crippen MR) is 201 cm³/mol. The zero-order chi connectivity index (χ0) is 36.6. The van der Waals surface area contributed by atoms with Gasteiger partial charge in [-0.3, -0.25) is 14.5 Å². The number of aromatic amines is 1. The van der Waals surface area contributed by atoms with Gasteiger partial charge in [0.1, 0.15) is 21.3 Å². The third kappa shape index (κ3) is 8.64. The molecule has 2 amide bonds. The average molecular weight is 738 g/mol. The highest BCUT2D eigenvalue weighted by Gasteiger charge is 2.48. The second-order valence-corrected chi connectivity index (χ2v) is 21.7. The van der Waals surface area contributed by atoms with Crippen LogP contribution in [0.25, 0.3) is 10.2 Å². The molecule has 1 aliphatic heterocycles. The minimum absolute atomic E-state index is 0.0571. The number of aromatic nitrogens is 3. The van der Waals surface area contributed by atoms with E-state index in [1.165, 1.54) is 16.2 Å². The molecule has 50 heavy (non-hydrogen) atoms. The van der Waals surface area contributed by atoms with E-state index in [0.717, 1.165) is 24.0 Å². The fourth-order valence-corrected chi connectivity index (χ4v) is 8.12. The van der Waals surface area contributed by atoms with Gasteiger partial charge >= 0.3 is 6.09 Å². The number of thiophene rings is 1. The van der Waals surface area contributed by atoms with Gasteiger partial charge in [0.15, 0.2) is 8.32 Å². The molecule has 1 aromatic carbocycles. The Labute approximate surface area is 304 Å². The summed E-state index contributed by atoms with van der Waals surface area (Å²) in [5.74, 6) is 0.236. The largest absolute Gasteiger partial charge is 0.444 e. The van der Waals surface area contributed by atoms with Gasteiger partial charge < -0.3 is 19.0 Å². The van der Waals surface area contributed by atoms with Crippen molar-refractivity contribution in [3.8, 4) is 0 Å². The van der Waals surface area contributed by atoms with E-state index in [1.807, 2.05) is 49.3 Å². The maximum atomic E-state index is 14.0. The number of hydrogen-bond donors (Lipinski definition) is 1. The SMILES string of the molecule is CN(Cc1nc2ccsc2c(=O)[nH]1)C(=O)c1ccc(C[C@@H]2CC[C@H]([C@H](O[Si](C)(C)C(C)(C)C)c3ccc(Cl)nc3)N2C(=O)OC(C)(C)C)cc1. The lowest BCUT2D eigenvalue weighted by molar-refractivity contribution is -0.00244. The monoisotopic (exact) mass is 737 g/mol. The lowest BCUT2D eigenvalue weighted by Gasteiger charge is -2.43. The molecule has 0 unspecified atom stereocenters. The molecular formula is C37H48ClN5O5SSi. The molecule has 1 fully saturated rings. The van der Waals surface area contributed by atoms with Crippen molar-refractivity contribution in [2.24, 2.45) is 0 Å². The number of benzene rings is 1. The van der Waals surface area contributed by atoms with Gasteiger partial charge in [-0.25, -0.2) is 14.8 Å². The van der Waals surface area contributed by atoms with Crippen LogP contribution in [0, 0.1) is 0 Å². The number of pyridine rings is 1. The number of nitrogens with zero attached hydrogens (tertiary/aromatic N) is 4. The van der Waals surface area contributed by atoms with E-state index < -0.39 is 20.0 Å². The Hall–Kier alpha value is -3.58. The molecule has 0 spiro atoms. The van der Waals surface area contributed by atoms with Gasteiger partial charge in [0, 0.05) is 30.4 Å². The minimum atomic E-state index is -2.30. The first-order valence-electron chi connectivity index (χ1n) is 16.9. The first-order valence-corrected chi connectivity index (χ1v) is 21.1. The van der Waals surface area contributed by atoms with E-state index in [-0.39, 0.29) is 41.2 Å². The van der Waals surface area contributed by atoms with Crippen LogP contribution in [0.2, 0.25) is 23.3 Å². The van der Waals surface area contributed by atoms with Crippen molar-refractivity contribution in [2.75, 3.05) is 7.05 Å². The molecule has 0 saturated carbocycles. The molecule has 5 rings (SSSR count). The summed E-state index contributed by atoms with van der Waals surface area (Å²) in [6.45, 7) is 16.8. The fourth-order valence-electron chi connectivity index (χ4n) is 6.00. The zero-order valence-corrected chi connectivity index (χ0v) is 32.9. The van der Waals surface area contributed by atoms with Crippen LogP contribution < -0.4 is 5.56 Å². The molecule has 0 aliphatic carbocycles. The molecule has 13 heteroatoms. The average Bonchev–Trinajstić information content (AvgIpc) is 3.67. The molecule has 3 aromatic heterocycles. The number of carbonyl (C=O) groups excluding carboxylic acids is 2. The fraction of sp³-hybridized carbons (Fsp3) is 0.486. The number of amides is 2. The van der Waals surface area contributed by atoms with Crippen LogP contribution in [0.15, 0.2) is 58.8 Å². The highest BCUT2D eigenvalue weighted by molar-refractivity contribution is 7.17. The Morgan fingerprint density at radius 1 is 1.08 bits per heavy atom. The van der Waals surface area contributed by atoms with Crippen LogP contribution in [0.1, 0.15) is 87.8 Å². The third-order valence-electron chi connectivity index (χ3n) is 9.58. The van der Waals surface area contributed by atoms with Crippen molar-refractivity contribution < 1.29 is 18.8 Å². The van der Waals surface area contributed by atoms with Crippen molar-refractivity contribution in [3.05, 3.63) is 92.1 Å². The molecule has 268 valence electrons. The van der Waals surface area contributed by atoms with Gasteiger partial charge in [-0.15, -0.1) is 11.3 Å². The molecular weight excluding hydrogens is 690 g/mol. The van der Waals surface area contributed by atoms with Crippen molar-refractivity contribution in [3.63, 3.8) is 0 Å². The minimum Gasteiger partial charge on any atom is -0.444 e. The van der Waals surface area contributed by atoms with Gasteiger partial charge in [-0.2, -0.15) is 0 Å². The Kier molecular flexibility index (Phi) is 11.0. The lowest BCUT2D eigenvalue weighted by Crippen LogP contribution is -2.50. The van der Waals surface area contributed by atoms with Crippen molar-refractivity contribution in [1.29, 1.82) is 0 Å². The molecule has 4 heterocycles. The zero-order valence-electron chi connectivity index (χ0n) is 30.4. The standard InChI is InChI=1S/C37H48ClN5O5SSi/c1-36(2,3)47-35(46)43-26(15-16-28(43)31(25-14-17-29(38)39-21-25)48-50(8,9)37(4,5)6)20-23-10-12-24(13-11-23)34(45)42(7)22-30-40-27-18-19-49-32(27)33(44)41-30/h10-14,17-19,21,26,28,31H,15-16,20,22H2,1-9H3,(H,40,41,44)/t26-,28+,31+/m0/s1. The maximum absolute atomic E-state index is 14.0. The highest BCUT2D eigenvalue weighted by atomic mass is 35.5. The maximum Gasteiger partial charge on any atom is 0.410 e. The highest BCUT2D eigenvalue weighted by Crippen LogP contribution is 2.44. The number of likely N-dealkylation sites (tertiary alicyclic amines) is 1. The molecule has 0 bridgehead atoms. The molecule has 1 aliphatic rings. The van der Waals surface area contributed by atoms with Crippen LogP contribution in [0.3, 0.4) is 0 Å². The smallest absolute Gasteiger partial charge is 0.410 e. The summed E-state index contributed by atoms with van der Waals surface area (Å²) in [6, 6.07) is 12.5. The van der Waals surface area contributed by atoms with Crippen LogP contribution in [-0.4, -0.2) is 69.8 Å². The first-order chi connectivity index (χ1) is 23.3. The predicted octanol–water partition coefficient (Wildman–Crippen LogP) is 8.38. The van der Waals surface area contributed by atoms with Crippen molar-refractivity contribution >= 4 is 53.5 Å². The number of H-pyrrole nitrogens is 1. The Bertz CT molecular complexity index is 1880. The van der Waals surface area contributed by atoms with E-state index in [1.54, 1.807) is 37.5 Å². The Morgan fingerprint density at radius 2 is 1.78 bits per heavy atom. The molecule has 0 radical (unpaired) electrons. The molecule has 1 N–H and O–H groups in total. The summed E-state index contributed by atoms with van der Waals surface area (Å²) in [5.41, 5.74) is 2.12. The molecule has 1 saturated heterocycles. The summed E-state index contributed by atoms with van der Waals surface area (Å²) in [6.07, 6.45) is 3.01. The van der Waals surface area contributed by atoms with Crippen LogP contribution in [0.4, 0.5) is 4.79 Å². The van der Waals surface area contributed by atoms with Crippen molar-refractivity contribution in [1.82, 2.24) is 24.8 Å². The summed E-state index contributed by atoms with van der Waals surface area (Å²) in [4.78, 5) is 54.8. The molecule has 3 atom stereocenters. The number of nitrogens with one attached hydrogen (secondary N) is 1. The topological polar surface area (TPSA) is 118 Å². The normalized spacial score (nSPS) is 17.6. The van der Waals surface area contributed by atoms with E-state index in [9.17, 15) is 14.4 Å². The summed E-state index contributed by atoms with van der Waals surface area (Å²) in [5, 5.41) is 2.16. The Balaban J connectivity index is 1.37. The Morgan fingerprint density at radius 3 is 2.40 bits per heavy atom. The molecule has 10 nitrogen and oxygen atoms in total. The van der Waals surface area contributed by atoms with E-state index in [0.29, 0.717) is 33.2 Å². The number of hydrogen-bond acceptors (Lipinski definition) is 8. The number of carbonyl (C=O) groups is 2. The lowest BCUT2D eigenvalue weighted by atomic mass is 10.0. The summed E-state index contributed by atoms with van der Waals surface area (Å²) in [7, 11) is -0.614. The van der Waals surface area contributed by atoms with Gasteiger partial charge in [0.25, 0.3) is 11.5 Å². The second kappa shape index (κ2) is 14.6. The van der Waals surface area contributed by atoms with E-state index >= 15 is 0 Å². The summed E-state index contributed by atoms with van der Waals surface area (Å²) < 4.78 is 13.7. The van der Waals surface area contributed by atoms with Crippen molar-refractivity contribution in [2.45, 2.75) is 109 Å². The van der Waals surface area contributed by atoms with Crippen LogP contribution >= 0.6 is 22.9 Å². The summed E-state index contributed by atoms with van der Waals surface area (Å²) >= 11 is 7.52. The number of rotatable bonds is 9. The van der Waals surface area contributed by atoms with Crippen LogP contribution in [0.5, 0.6) is 0 Å². The second-order valence-electron chi connectivity index (χ2n) is 15.6. The van der Waals surface area contributed by atoms with Gasteiger partial charge in [0.2, 0.25) is 0 Å². The first kappa shape index (κ1) is 37.7. The third-order valence-corrected chi connectivity index (χ3v) is 15.2. The molecule has 4 aromatic rings. The number of halogens is 1. The quantitative estimate of drug-likeness (QED) is 0.135.